The topological polar surface area (TPSA) is 12.9 Å². The van der Waals surface area contributed by atoms with Crippen LogP contribution in [0.3, 0.4) is 0 Å². The van der Waals surface area contributed by atoms with E-state index in [1.807, 2.05) is 18.2 Å². The van der Waals surface area contributed by atoms with Crippen molar-refractivity contribution < 1.29 is 0 Å². The predicted octanol–water partition coefficient (Wildman–Crippen LogP) is 4.58. The molecule has 2 aromatic rings. The Morgan fingerprint density at radius 1 is 1.25 bits per heavy atom. The number of hydrogen-bond acceptors (Lipinski definition) is 1. The van der Waals surface area contributed by atoms with Gasteiger partial charge in [0.2, 0.25) is 0 Å². The Bertz CT molecular complexity index is 517. The number of fused-ring (bicyclic) bond motifs is 1. The van der Waals surface area contributed by atoms with Crippen LogP contribution in [0.2, 0.25) is 5.02 Å². The van der Waals surface area contributed by atoms with Crippen molar-refractivity contribution in [3.63, 3.8) is 0 Å². The summed E-state index contributed by atoms with van der Waals surface area (Å²) in [5.41, 5.74) is 2.28. The number of rotatable bonds is 2. The van der Waals surface area contributed by atoms with Crippen LogP contribution in [0, 0.1) is 0 Å². The van der Waals surface area contributed by atoms with Gasteiger partial charge >= 0.3 is 0 Å². The Kier molecular flexibility index (Phi) is 2.90. The SMILES string of the molecule is CCC(C)(C)c1ccc2ncccc2c1Cl. The minimum atomic E-state index is 0.112. The zero-order valence-electron chi connectivity index (χ0n) is 9.92. The monoisotopic (exact) mass is 233 g/mol. The minimum Gasteiger partial charge on any atom is -0.256 e. The van der Waals surface area contributed by atoms with Crippen LogP contribution in [0.4, 0.5) is 0 Å². The Morgan fingerprint density at radius 2 is 2.00 bits per heavy atom. The van der Waals surface area contributed by atoms with Crippen molar-refractivity contribution in [2.75, 3.05) is 0 Å². The van der Waals surface area contributed by atoms with Gasteiger partial charge in [-0.25, -0.2) is 0 Å². The van der Waals surface area contributed by atoms with E-state index in [-0.39, 0.29) is 5.41 Å². The summed E-state index contributed by atoms with van der Waals surface area (Å²) in [6.45, 7) is 6.62. The van der Waals surface area contributed by atoms with Crippen LogP contribution in [0.5, 0.6) is 0 Å². The van der Waals surface area contributed by atoms with Crippen LogP contribution in [0.1, 0.15) is 32.8 Å². The van der Waals surface area contributed by atoms with E-state index in [1.165, 1.54) is 5.56 Å². The molecule has 0 amide bonds. The maximum Gasteiger partial charge on any atom is 0.0717 e. The fraction of sp³-hybridized carbons (Fsp3) is 0.357. The molecule has 0 unspecified atom stereocenters. The largest absolute Gasteiger partial charge is 0.256 e. The molecule has 0 aliphatic rings. The van der Waals surface area contributed by atoms with E-state index in [0.29, 0.717) is 0 Å². The van der Waals surface area contributed by atoms with Crippen molar-refractivity contribution >= 4 is 22.5 Å². The molecule has 0 aliphatic carbocycles. The van der Waals surface area contributed by atoms with Gasteiger partial charge in [0.1, 0.15) is 0 Å². The maximum atomic E-state index is 6.46. The van der Waals surface area contributed by atoms with E-state index in [2.05, 4.69) is 31.8 Å². The summed E-state index contributed by atoms with van der Waals surface area (Å²) in [7, 11) is 0. The molecule has 0 aliphatic heterocycles. The van der Waals surface area contributed by atoms with Gasteiger partial charge in [-0.05, 0) is 35.6 Å². The lowest BCUT2D eigenvalue weighted by Crippen LogP contribution is -2.16. The first kappa shape index (κ1) is 11.4. The lowest BCUT2D eigenvalue weighted by atomic mass is 9.81. The second-order valence-corrected chi connectivity index (χ2v) is 5.11. The molecule has 0 saturated carbocycles. The first-order valence-corrected chi connectivity index (χ1v) is 5.98. The van der Waals surface area contributed by atoms with E-state index in [1.54, 1.807) is 6.20 Å². The molecule has 1 nitrogen and oxygen atoms in total. The Labute approximate surface area is 101 Å². The summed E-state index contributed by atoms with van der Waals surface area (Å²) in [5, 5.41) is 1.89. The van der Waals surface area contributed by atoms with Crippen LogP contribution in [-0.4, -0.2) is 4.98 Å². The molecule has 0 N–H and O–H groups in total. The maximum absolute atomic E-state index is 6.46. The molecule has 1 aromatic heterocycles. The summed E-state index contributed by atoms with van der Waals surface area (Å²) in [4.78, 5) is 4.31. The van der Waals surface area contributed by atoms with Gasteiger partial charge in [-0.15, -0.1) is 0 Å². The van der Waals surface area contributed by atoms with Crippen molar-refractivity contribution in [3.05, 3.63) is 41.0 Å². The molecule has 0 atom stereocenters. The first-order chi connectivity index (χ1) is 7.56. The second kappa shape index (κ2) is 4.06. The molecule has 0 fully saturated rings. The van der Waals surface area contributed by atoms with Gasteiger partial charge in [0.05, 0.1) is 10.5 Å². The predicted molar refractivity (Wildman–Crippen MR) is 70.1 cm³/mol. The molecule has 2 heteroatoms. The summed E-state index contributed by atoms with van der Waals surface area (Å²) in [6, 6.07) is 8.10. The average molecular weight is 234 g/mol. The summed E-state index contributed by atoms with van der Waals surface area (Å²) in [6.07, 6.45) is 2.86. The van der Waals surface area contributed by atoms with Gasteiger partial charge in [0, 0.05) is 11.6 Å². The van der Waals surface area contributed by atoms with Gasteiger partial charge in [-0.3, -0.25) is 4.98 Å². The zero-order chi connectivity index (χ0) is 11.8. The lowest BCUT2D eigenvalue weighted by molar-refractivity contribution is 0.507. The van der Waals surface area contributed by atoms with Crippen LogP contribution < -0.4 is 0 Å². The fourth-order valence-corrected chi connectivity index (χ4v) is 2.31. The minimum absolute atomic E-state index is 0.112. The highest BCUT2D eigenvalue weighted by atomic mass is 35.5. The van der Waals surface area contributed by atoms with E-state index < -0.39 is 0 Å². The molecule has 1 heterocycles. The van der Waals surface area contributed by atoms with E-state index >= 15 is 0 Å². The Hall–Kier alpha value is -1.08. The molecule has 1 aromatic carbocycles. The number of benzene rings is 1. The van der Waals surface area contributed by atoms with Crippen LogP contribution >= 0.6 is 11.6 Å². The first-order valence-electron chi connectivity index (χ1n) is 5.60. The number of halogens is 1. The molecule has 2 rings (SSSR count). The zero-order valence-corrected chi connectivity index (χ0v) is 10.7. The average Bonchev–Trinajstić information content (AvgIpc) is 2.29. The van der Waals surface area contributed by atoms with Crippen LogP contribution in [0.25, 0.3) is 10.9 Å². The van der Waals surface area contributed by atoms with Gasteiger partial charge in [0.25, 0.3) is 0 Å². The highest BCUT2D eigenvalue weighted by Gasteiger charge is 2.22. The number of hydrogen-bond donors (Lipinski definition) is 0. The third-order valence-corrected chi connectivity index (χ3v) is 3.74. The number of nitrogens with zero attached hydrogens (tertiary/aromatic N) is 1. The van der Waals surface area contributed by atoms with Crippen LogP contribution in [-0.2, 0) is 5.41 Å². The molecule has 84 valence electrons. The Balaban J connectivity index is 2.70. The second-order valence-electron chi connectivity index (χ2n) is 4.73. The van der Waals surface area contributed by atoms with Gasteiger partial charge in [-0.1, -0.05) is 38.4 Å². The van der Waals surface area contributed by atoms with Gasteiger partial charge in [-0.2, -0.15) is 0 Å². The van der Waals surface area contributed by atoms with Crippen molar-refractivity contribution in [2.24, 2.45) is 0 Å². The summed E-state index contributed by atoms with van der Waals surface area (Å²) >= 11 is 6.46. The molecular formula is C14H16ClN. The van der Waals surface area contributed by atoms with Crippen molar-refractivity contribution in [2.45, 2.75) is 32.6 Å². The van der Waals surface area contributed by atoms with Gasteiger partial charge in [0.15, 0.2) is 0 Å². The molecule has 0 spiro atoms. The third kappa shape index (κ3) is 1.80. The smallest absolute Gasteiger partial charge is 0.0717 e. The molecule has 16 heavy (non-hydrogen) atoms. The number of aromatic nitrogens is 1. The van der Waals surface area contributed by atoms with Crippen LogP contribution in [0.15, 0.2) is 30.5 Å². The van der Waals surface area contributed by atoms with E-state index in [0.717, 1.165) is 22.3 Å². The number of pyridine rings is 1. The lowest BCUT2D eigenvalue weighted by Gasteiger charge is -2.25. The van der Waals surface area contributed by atoms with E-state index in [9.17, 15) is 0 Å². The standard InChI is InChI=1S/C14H16ClN/c1-4-14(2,3)11-7-8-12-10(13(11)15)6-5-9-16-12/h5-9H,4H2,1-3H3. The van der Waals surface area contributed by atoms with E-state index in [4.69, 9.17) is 11.6 Å². The van der Waals surface area contributed by atoms with Crippen molar-refractivity contribution in [1.82, 2.24) is 4.98 Å². The molecule has 0 radical (unpaired) electrons. The van der Waals surface area contributed by atoms with Crippen molar-refractivity contribution in [1.29, 1.82) is 0 Å². The summed E-state index contributed by atoms with van der Waals surface area (Å²) < 4.78 is 0. The molecular weight excluding hydrogens is 218 g/mol. The van der Waals surface area contributed by atoms with Gasteiger partial charge < -0.3 is 0 Å². The normalized spacial score (nSPS) is 12.0. The molecule has 0 bridgehead atoms. The quantitative estimate of drug-likeness (QED) is 0.740. The molecule has 0 saturated heterocycles. The highest BCUT2D eigenvalue weighted by molar-refractivity contribution is 6.36. The third-order valence-electron chi connectivity index (χ3n) is 3.33. The fourth-order valence-electron chi connectivity index (χ4n) is 1.83. The summed E-state index contributed by atoms with van der Waals surface area (Å²) in [5.74, 6) is 0. The van der Waals surface area contributed by atoms with Crippen molar-refractivity contribution in [3.8, 4) is 0 Å². The highest BCUT2D eigenvalue weighted by Crippen LogP contribution is 2.36. The Morgan fingerprint density at radius 3 is 2.69 bits per heavy atom.